The van der Waals surface area contributed by atoms with Gasteiger partial charge in [-0.2, -0.15) is 0 Å². The Bertz CT molecular complexity index is 745. The Morgan fingerprint density at radius 2 is 2.29 bits per heavy atom. The molecule has 2 aromatic rings. The van der Waals surface area contributed by atoms with Crippen LogP contribution in [0.3, 0.4) is 0 Å². The Hall–Kier alpha value is -1.68. The maximum atomic E-state index is 14.1. The number of carboxylic acids is 1. The van der Waals surface area contributed by atoms with Gasteiger partial charge in [0.1, 0.15) is 11.3 Å². The smallest absolute Gasteiger partial charge is 0.336 e. The van der Waals surface area contributed by atoms with E-state index in [9.17, 15) is 14.3 Å². The van der Waals surface area contributed by atoms with E-state index < -0.39 is 11.8 Å². The highest BCUT2D eigenvalue weighted by atomic mass is 35.5. The van der Waals surface area contributed by atoms with Crippen LogP contribution >= 0.6 is 11.6 Å². The van der Waals surface area contributed by atoms with Crippen molar-refractivity contribution in [3.05, 3.63) is 39.8 Å². The molecule has 110 valence electrons. The second-order valence-electron chi connectivity index (χ2n) is 5.41. The van der Waals surface area contributed by atoms with Crippen LogP contribution in [0.15, 0.2) is 12.1 Å². The molecule has 0 aliphatic heterocycles. The summed E-state index contributed by atoms with van der Waals surface area (Å²) in [6, 6.07) is 2.62. The number of carbonyl (C=O) groups is 1. The predicted molar refractivity (Wildman–Crippen MR) is 79.6 cm³/mol. The predicted octanol–water partition coefficient (Wildman–Crippen LogP) is 4.56. The van der Waals surface area contributed by atoms with Crippen LogP contribution in [0.4, 0.5) is 4.39 Å². The standard InChI is InChI=1S/C16H15ClFNO2/c1-2-8-4-3-5-9-12(16(20)21)13-10(17)6-7-11(18)15(13)19-14(8)9/h6-8H,2-5H2,1H3,(H,20,21). The van der Waals surface area contributed by atoms with Crippen molar-refractivity contribution >= 4 is 28.5 Å². The number of aromatic nitrogens is 1. The van der Waals surface area contributed by atoms with E-state index in [0.717, 1.165) is 30.5 Å². The topological polar surface area (TPSA) is 50.2 Å². The maximum Gasteiger partial charge on any atom is 0.336 e. The Morgan fingerprint density at radius 1 is 1.52 bits per heavy atom. The van der Waals surface area contributed by atoms with E-state index in [1.165, 1.54) is 12.1 Å². The van der Waals surface area contributed by atoms with E-state index in [-0.39, 0.29) is 27.4 Å². The number of halogens is 2. The van der Waals surface area contributed by atoms with Gasteiger partial charge in [-0.3, -0.25) is 0 Å². The zero-order valence-corrected chi connectivity index (χ0v) is 12.4. The number of rotatable bonds is 2. The molecule has 0 bridgehead atoms. The number of pyridine rings is 1. The van der Waals surface area contributed by atoms with Gasteiger partial charge in [0.25, 0.3) is 0 Å². The molecular weight excluding hydrogens is 293 g/mol. The molecule has 1 aliphatic rings. The lowest BCUT2D eigenvalue weighted by atomic mass is 9.82. The third kappa shape index (κ3) is 2.18. The van der Waals surface area contributed by atoms with Gasteiger partial charge in [-0.1, -0.05) is 18.5 Å². The van der Waals surface area contributed by atoms with E-state index in [1.54, 1.807) is 0 Å². The third-order valence-corrected chi connectivity index (χ3v) is 4.56. The lowest BCUT2D eigenvalue weighted by molar-refractivity contribution is 0.0697. The minimum absolute atomic E-state index is 0.0685. The quantitative estimate of drug-likeness (QED) is 0.885. The van der Waals surface area contributed by atoms with Crippen LogP contribution in [0.2, 0.25) is 5.02 Å². The van der Waals surface area contributed by atoms with E-state index in [2.05, 4.69) is 4.98 Å². The molecule has 0 fully saturated rings. The van der Waals surface area contributed by atoms with Gasteiger partial charge in [-0.05, 0) is 43.4 Å². The number of hydrogen-bond acceptors (Lipinski definition) is 2. The summed E-state index contributed by atoms with van der Waals surface area (Å²) in [5.41, 5.74) is 1.65. The molecule has 0 amide bonds. The first-order valence-corrected chi connectivity index (χ1v) is 7.46. The number of fused-ring (bicyclic) bond motifs is 2. The fourth-order valence-electron chi connectivity index (χ4n) is 3.24. The van der Waals surface area contributed by atoms with Crippen molar-refractivity contribution in [3.8, 4) is 0 Å². The summed E-state index contributed by atoms with van der Waals surface area (Å²) in [6.07, 6.45) is 3.41. The minimum Gasteiger partial charge on any atom is -0.478 e. The third-order valence-electron chi connectivity index (χ3n) is 4.24. The van der Waals surface area contributed by atoms with Crippen LogP contribution in [-0.2, 0) is 6.42 Å². The zero-order chi connectivity index (χ0) is 15.1. The zero-order valence-electron chi connectivity index (χ0n) is 11.6. The minimum atomic E-state index is -1.07. The molecule has 1 aromatic carbocycles. The number of carboxylic acid groups (broad SMARTS) is 1. The van der Waals surface area contributed by atoms with Gasteiger partial charge >= 0.3 is 5.97 Å². The van der Waals surface area contributed by atoms with Crippen molar-refractivity contribution in [1.82, 2.24) is 4.98 Å². The molecule has 1 heterocycles. The Kier molecular flexibility index (Phi) is 3.57. The molecule has 1 N–H and O–H groups in total. The number of nitrogens with zero attached hydrogens (tertiary/aromatic N) is 1. The largest absolute Gasteiger partial charge is 0.478 e. The van der Waals surface area contributed by atoms with Crippen molar-refractivity contribution in [3.63, 3.8) is 0 Å². The van der Waals surface area contributed by atoms with Gasteiger partial charge in [0, 0.05) is 17.0 Å². The average Bonchev–Trinajstić information content (AvgIpc) is 2.48. The second-order valence-corrected chi connectivity index (χ2v) is 5.81. The van der Waals surface area contributed by atoms with Gasteiger partial charge < -0.3 is 5.11 Å². The van der Waals surface area contributed by atoms with E-state index >= 15 is 0 Å². The SMILES string of the molecule is CCC1CCCc2c1nc1c(F)ccc(Cl)c1c2C(=O)O. The highest BCUT2D eigenvalue weighted by Crippen LogP contribution is 2.39. The van der Waals surface area contributed by atoms with Crippen molar-refractivity contribution in [2.45, 2.75) is 38.5 Å². The first-order valence-electron chi connectivity index (χ1n) is 7.08. The number of aromatic carboxylic acids is 1. The highest BCUT2D eigenvalue weighted by molar-refractivity contribution is 6.36. The average molecular weight is 308 g/mol. The van der Waals surface area contributed by atoms with Gasteiger partial charge in [0.2, 0.25) is 0 Å². The maximum absolute atomic E-state index is 14.1. The normalized spacial score (nSPS) is 17.8. The van der Waals surface area contributed by atoms with Crippen LogP contribution in [0, 0.1) is 5.82 Å². The number of hydrogen-bond donors (Lipinski definition) is 1. The lowest BCUT2D eigenvalue weighted by Crippen LogP contribution is -2.17. The fraction of sp³-hybridized carbons (Fsp3) is 0.375. The molecule has 3 nitrogen and oxygen atoms in total. The van der Waals surface area contributed by atoms with Gasteiger partial charge in [0.05, 0.1) is 10.6 Å². The first kappa shape index (κ1) is 14.3. The summed E-state index contributed by atoms with van der Waals surface area (Å²) in [7, 11) is 0. The van der Waals surface area contributed by atoms with E-state index in [4.69, 9.17) is 11.6 Å². The molecule has 1 atom stereocenters. The van der Waals surface area contributed by atoms with Gasteiger partial charge in [0.15, 0.2) is 0 Å². The molecule has 1 aromatic heterocycles. The van der Waals surface area contributed by atoms with E-state index in [0.29, 0.717) is 6.42 Å². The molecule has 5 heteroatoms. The van der Waals surface area contributed by atoms with Gasteiger partial charge in [-0.25, -0.2) is 14.2 Å². The lowest BCUT2D eigenvalue weighted by Gasteiger charge is -2.26. The van der Waals surface area contributed by atoms with E-state index in [1.807, 2.05) is 6.92 Å². The number of benzene rings is 1. The van der Waals surface area contributed by atoms with Crippen LogP contribution in [0.1, 0.15) is 53.7 Å². The highest BCUT2D eigenvalue weighted by Gasteiger charge is 2.29. The van der Waals surface area contributed by atoms with Crippen molar-refractivity contribution in [2.24, 2.45) is 0 Å². The van der Waals surface area contributed by atoms with Crippen LogP contribution in [-0.4, -0.2) is 16.1 Å². The molecule has 1 aliphatic carbocycles. The summed E-state index contributed by atoms with van der Waals surface area (Å²) in [6.45, 7) is 2.04. The summed E-state index contributed by atoms with van der Waals surface area (Å²) in [4.78, 5) is 16.2. The fourth-order valence-corrected chi connectivity index (χ4v) is 3.49. The summed E-state index contributed by atoms with van der Waals surface area (Å²) < 4.78 is 14.1. The molecule has 0 spiro atoms. The summed E-state index contributed by atoms with van der Waals surface area (Å²) in [5, 5.41) is 10.1. The Morgan fingerprint density at radius 3 is 2.95 bits per heavy atom. The molecular formula is C16H15ClFNO2. The first-order chi connectivity index (χ1) is 10.0. The Labute approximate surface area is 126 Å². The Balaban J connectivity index is 2.47. The molecule has 0 saturated heterocycles. The molecule has 0 radical (unpaired) electrons. The van der Waals surface area contributed by atoms with Crippen molar-refractivity contribution in [1.29, 1.82) is 0 Å². The van der Waals surface area contributed by atoms with Gasteiger partial charge in [-0.15, -0.1) is 0 Å². The van der Waals surface area contributed by atoms with Crippen molar-refractivity contribution in [2.75, 3.05) is 0 Å². The molecule has 0 saturated carbocycles. The van der Waals surface area contributed by atoms with Crippen LogP contribution in [0.25, 0.3) is 10.9 Å². The summed E-state index contributed by atoms with van der Waals surface area (Å²) >= 11 is 6.12. The monoisotopic (exact) mass is 307 g/mol. The van der Waals surface area contributed by atoms with Crippen LogP contribution < -0.4 is 0 Å². The molecule has 21 heavy (non-hydrogen) atoms. The summed E-state index contributed by atoms with van der Waals surface area (Å²) in [5.74, 6) is -1.40. The molecule has 1 unspecified atom stereocenters. The molecule has 3 rings (SSSR count). The van der Waals surface area contributed by atoms with Crippen molar-refractivity contribution < 1.29 is 14.3 Å². The second kappa shape index (κ2) is 5.26. The van der Waals surface area contributed by atoms with Crippen LogP contribution in [0.5, 0.6) is 0 Å².